The van der Waals surface area contributed by atoms with E-state index in [1.165, 1.54) is 5.56 Å². The summed E-state index contributed by atoms with van der Waals surface area (Å²) in [7, 11) is 0. The summed E-state index contributed by atoms with van der Waals surface area (Å²) in [5.74, 6) is 0.521. The third-order valence-corrected chi connectivity index (χ3v) is 5.82. The molecule has 3 aromatic carbocycles. The van der Waals surface area contributed by atoms with Crippen molar-refractivity contribution < 1.29 is 19.1 Å². The monoisotopic (exact) mass is 431 g/mol. The van der Waals surface area contributed by atoms with Crippen LogP contribution in [0.2, 0.25) is 0 Å². The van der Waals surface area contributed by atoms with E-state index in [4.69, 9.17) is 9.47 Å². The van der Waals surface area contributed by atoms with Gasteiger partial charge in [0.15, 0.2) is 0 Å². The fourth-order valence-electron chi connectivity index (χ4n) is 4.45. The topological polar surface area (TPSA) is 55.8 Å². The molecule has 5 heteroatoms. The number of hydrogen-bond donors (Lipinski definition) is 0. The fraction of sp³-hybridized carbons (Fsp3) is 0.333. The number of aryl methyl sites for hydroxylation is 1. The van der Waals surface area contributed by atoms with Gasteiger partial charge in [-0.25, -0.2) is 0 Å². The number of rotatable bonds is 8. The van der Waals surface area contributed by atoms with Crippen LogP contribution in [0.3, 0.4) is 0 Å². The number of ether oxygens (including phenoxy) is 2. The van der Waals surface area contributed by atoms with Gasteiger partial charge >= 0.3 is 5.97 Å². The van der Waals surface area contributed by atoms with E-state index in [1.807, 2.05) is 31.2 Å². The molecule has 0 radical (unpaired) electrons. The fourth-order valence-corrected chi connectivity index (χ4v) is 4.45. The maximum Gasteiger partial charge on any atom is 0.310 e. The first-order valence-electron chi connectivity index (χ1n) is 11.3. The van der Waals surface area contributed by atoms with E-state index in [1.54, 1.807) is 11.8 Å². The lowest BCUT2D eigenvalue weighted by Crippen LogP contribution is -2.23. The predicted octanol–water partition coefficient (Wildman–Crippen LogP) is 5.46. The lowest BCUT2D eigenvalue weighted by molar-refractivity contribution is -0.142. The van der Waals surface area contributed by atoms with Gasteiger partial charge in [-0.3, -0.25) is 9.59 Å². The second kappa shape index (κ2) is 9.43. The number of carbonyl (C=O) groups excluding carboxylic acids is 2. The van der Waals surface area contributed by atoms with Gasteiger partial charge in [0, 0.05) is 11.3 Å². The molecule has 0 saturated heterocycles. The summed E-state index contributed by atoms with van der Waals surface area (Å²) in [6.45, 7) is 7.29. The molecular weight excluding hydrogens is 402 g/mol. The van der Waals surface area contributed by atoms with Crippen molar-refractivity contribution in [1.29, 1.82) is 0 Å². The molecule has 0 aromatic heterocycles. The minimum absolute atomic E-state index is 0.00625. The highest BCUT2D eigenvalue weighted by molar-refractivity contribution is 6.19. The summed E-state index contributed by atoms with van der Waals surface area (Å²) in [4.78, 5) is 27.2. The van der Waals surface area contributed by atoms with Crippen molar-refractivity contribution in [2.45, 2.75) is 46.6 Å². The average Bonchev–Trinajstić information content (AvgIpc) is 3.13. The first-order chi connectivity index (χ1) is 15.6. The number of esters is 1. The number of nitrogens with zero attached hydrogens (tertiary/aromatic N) is 1. The van der Waals surface area contributed by atoms with Crippen LogP contribution in [0, 0.1) is 0 Å². The third kappa shape index (κ3) is 4.07. The van der Waals surface area contributed by atoms with E-state index < -0.39 is 0 Å². The van der Waals surface area contributed by atoms with Gasteiger partial charge in [-0.2, -0.15) is 0 Å². The van der Waals surface area contributed by atoms with Crippen LogP contribution in [-0.4, -0.2) is 25.1 Å². The van der Waals surface area contributed by atoms with E-state index in [0.29, 0.717) is 19.8 Å². The molecule has 0 fully saturated rings. The van der Waals surface area contributed by atoms with Gasteiger partial charge in [-0.15, -0.1) is 0 Å². The Bertz CT molecular complexity index is 1150. The van der Waals surface area contributed by atoms with Gasteiger partial charge in [0.05, 0.1) is 31.7 Å². The quantitative estimate of drug-likeness (QED) is 0.445. The minimum atomic E-state index is -0.249. The van der Waals surface area contributed by atoms with Crippen LogP contribution in [-0.2, 0) is 28.9 Å². The van der Waals surface area contributed by atoms with Crippen molar-refractivity contribution in [3.63, 3.8) is 0 Å². The molecule has 1 aliphatic rings. The summed E-state index contributed by atoms with van der Waals surface area (Å²) in [6, 6.07) is 15.8. The maximum atomic E-state index is 13.7. The zero-order valence-electron chi connectivity index (χ0n) is 18.9. The first-order valence-corrected chi connectivity index (χ1v) is 11.3. The van der Waals surface area contributed by atoms with Crippen molar-refractivity contribution in [3.05, 3.63) is 70.8 Å². The highest BCUT2D eigenvalue weighted by atomic mass is 16.5. The molecule has 0 unspecified atom stereocenters. The number of carbonyl (C=O) groups is 2. The number of anilines is 1. The maximum absolute atomic E-state index is 13.7. The lowest BCUT2D eigenvalue weighted by Gasteiger charge is -2.16. The second-order valence-corrected chi connectivity index (χ2v) is 7.97. The Morgan fingerprint density at radius 3 is 2.50 bits per heavy atom. The summed E-state index contributed by atoms with van der Waals surface area (Å²) in [5.41, 5.74) is 4.57. The van der Waals surface area contributed by atoms with Crippen molar-refractivity contribution in [2.24, 2.45) is 0 Å². The molecule has 0 aliphatic carbocycles. The Morgan fingerprint density at radius 2 is 1.81 bits per heavy atom. The largest absolute Gasteiger partial charge is 0.493 e. The smallest absolute Gasteiger partial charge is 0.310 e. The van der Waals surface area contributed by atoms with Crippen LogP contribution in [0.1, 0.15) is 54.2 Å². The van der Waals surface area contributed by atoms with Gasteiger partial charge in [-0.05, 0) is 60.4 Å². The Labute approximate surface area is 188 Å². The van der Waals surface area contributed by atoms with Crippen LogP contribution in [0.15, 0.2) is 48.5 Å². The number of amides is 1. The standard InChI is InChI=1S/C27H29NO4/c1-4-8-19-9-7-10-20-16-23(31-5-2)22-17-28(27(30)26(22)25(19)20)21-13-11-18(12-14-21)15-24(29)32-6-3/h7,9-14,16H,4-6,8,15,17H2,1-3H3. The zero-order chi connectivity index (χ0) is 22.7. The predicted molar refractivity (Wildman–Crippen MR) is 126 cm³/mol. The molecule has 166 valence electrons. The van der Waals surface area contributed by atoms with Gasteiger partial charge in [0.1, 0.15) is 5.75 Å². The van der Waals surface area contributed by atoms with Gasteiger partial charge in [0.2, 0.25) is 0 Å². The Hall–Kier alpha value is -3.34. The van der Waals surface area contributed by atoms with Crippen molar-refractivity contribution in [2.75, 3.05) is 18.1 Å². The molecule has 0 spiro atoms. The summed E-state index contributed by atoms with van der Waals surface area (Å²) in [5, 5.41) is 2.08. The molecule has 1 aliphatic heterocycles. The molecule has 0 saturated carbocycles. The van der Waals surface area contributed by atoms with Gasteiger partial charge in [-0.1, -0.05) is 43.7 Å². The van der Waals surface area contributed by atoms with Gasteiger partial charge in [0.25, 0.3) is 5.91 Å². The van der Waals surface area contributed by atoms with Crippen LogP contribution in [0.25, 0.3) is 10.8 Å². The molecule has 1 heterocycles. The van der Waals surface area contributed by atoms with Crippen LogP contribution >= 0.6 is 0 Å². The number of hydrogen-bond acceptors (Lipinski definition) is 4. The van der Waals surface area contributed by atoms with E-state index >= 15 is 0 Å². The highest BCUT2D eigenvalue weighted by Crippen LogP contribution is 2.40. The van der Waals surface area contributed by atoms with Crippen LogP contribution in [0.4, 0.5) is 5.69 Å². The molecule has 3 aromatic rings. The van der Waals surface area contributed by atoms with E-state index in [0.717, 1.165) is 51.7 Å². The van der Waals surface area contributed by atoms with E-state index in [-0.39, 0.29) is 18.3 Å². The highest BCUT2D eigenvalue weighted by Gasteiger charge is 2.34. The molecule has 1 amide bonds. The Morgan fingerprint density at radius 1 is 1.03 bits per heavy atom. The summed E-state index contributed by atoms with van der Waals surface area (Å²) >= 11 is 0. The number of benzene rings is 3. The Kier molecular flexibility index (Phi) is 6.45. The van der Waals surface area contributed by atoms with Crippen molar-refractivity contribution in [3.8, 4) is 5.75 Å². The first kappa shape index (κ1) is 21.9. The molecular formula is C27H29NO4. The molecule has 0 N–H and O–H groups in total. The normalized spacial score (nSPS) is 12.8. The second-order valence-electron chi connectivity index (χ2n) is 7.97. The molecule has 0 atom stereocenters. The van der Waals surface area contributed by atoms with E-state index in [9.17, 15) is 9.59 Å². The van der Waals surface area contributed by atoms with Gasteiger partial charge < -0.3 is 14.4 Å². The third-order valence-electron chi connectivity index (χ3n) is 5.82. The minimum Gasteiger partial charge on any atom is -0.493 e. The Balaban J connectivity index is 1.73. The van der Waals surface area contributed by atoms with Crippen LogP contribution in [0.5, 0.6) is 5.75 Å². The molecule has 0 bridgehead atoms. The van der Waals surface area contributed by atoms with E-state index in [2.05, 4.69) is 31.2 Å². The average molecular weight is 432 g/mol. The lowest BCUT2D eigenvalue weighted by atomic mass is 9.93. The molecule has 5 nitrogen and oxygen atoms in total. The molecule has 4 rings (SSSR count). The number of fused-ring (bicyclic) bond motifs is 3. The SMILES string of the molecule is CCCc1cccc2cc(OCC)c3c(c12)C(=O)N(c1ccc(CC(=O)OCC)cc1)C3. The summed E-state index contributed by atoms with van der Waals surface area (Å²) in [6.07, 6.45) is 2.16. The molecule has 32 heavy (non-hydrogen) atoms. The van der Waals surface area contributed by atoms with Crippen LogP contribution < -0.4 is 9.64 Å². The summed E-state index contributed by atoms with van der Waals surface area (Å²) < 4.78 is 11.0. The van der Waals surface area contributed by atoms with Crippen molar-refractivity contribution >= 4 is 28.3 Å². The zero-order valence-corrected chi connectivity index (χ0v) is 18.9. The van der Waals surface area contributed by atoms with Crippen molar-refractivity contribution in [1.82, 2.24) is 0 Å².